The van der Waals surface area contributed by atoms with Crippen molar-refractivity contribution in [1.82, 2.24) is 5.32 Å². The molecule has 0 atom stereocenters. The molecule has 3 nitrogen and oxygen atoms in total. The lowest BCUT2D eigenvalue weighted by Gasteiger charge is -2.27. The maximum Gasteiger partial charge on any atom is 0.417 e. The maximum absolute atomic E-state index is 12.8. The van der Waals surface area contributed by atoms with Crippen molar-refractivity contribution in [3.63, 3.8) is 0 Å². The Kier molecular flexibility index (Phi) is 5.16. The number of amides is 1. The molecule has 6 heteroatoms. The highest BCUT2D eigenvalue weighted by Gasteiger charge is 2.35. The molecule has 0 unspecified atom stereocenters. The highest BCUT2D eigenvalue weighted by molar-refractivity contribution is 5.95. The van der Waals surface area contributed by atoms with Crippen LogP contribution in [0.3, 0.4) is 0 Å². The first kappa shape index (κ1) is 16.5. The van der Waals surface area contributed by atoms with Gasteiger partial charge < -0.3 is 11.1 Å². The number of nitrogens with one attached hydrogen (secondary N) is 1. The molecular formula is C14H19F3N2O. The Hall–Kier alpha value is -1.56. The second kappa shape index (κ2) is 6.26. The van der Waals surface area contributed by atoms with Crippen LogP contribution in [0.1, 0.15) is 42.6 Å². The molecule has 3 N–H and O–H groups in total. The van der Waals surface area contributed by atoms with Gasteiger partial charge in [0, 0.05) is 12.1 Å². The quantitative estimate of drug-likeness (QED) is 0.875. The average molecular weight is 288 g/mol. The van der Waals surface area contributed by atoms with Gasteiger partial charge in [0.25, 0.3) is 5.91 Å². The van der Waals surface area contributed by atoms with Gasteiger partial charge >= 0.3 is 6.18 Å². The smallest absolute Gasteiger partial charge is 0.350 e. The van der Waals surface area contributed by atoms with E-state index in [-0.39, 0.29) is 12.1 Å². The van der Waals surface area contributed by atoms with E-state index >= 15 is 0 Å². The van der Waals surface area contributed by atoms with Gasteiger partial charge in [-0.1, -0.05) is 26.0 Å². The molecule has 0 aliphatic heterocycles. The minimum absolute atomic E-state index is 0.144. The van der Waals surface area contributed by atoms with Crippen molar-refractivity contribution < 1.29 is 18.0 Å². The first-order valence-electron chi connectivity index (χ1n) is 6.47. The largest absolute Gasteiger partial charge is 0.417 e. The molecule has 20 heavy (non-hydrogen) atoms. The molecule has 0 spiro atoms. The summed E-state index contributed by atoms with van der Waals surface area (Å²) in [7, 11) is 0. The predicted molar refractivity (Wildman–Crippen MR) is 71.3 cm³/mol. The zero-order chi connectivity index (χ0) is 15.4. The van der Waals surface area contributed by atoms with Crippen LogP contribution in [-0.4, -0.2) is 18.0 Å². The van der Waals surface area contributed by atoms with Gasteiger partial charge in [0.15, 0.2) is 0 Å². The van der Waals surface area contributed by atoms with Crippen molar-refractivity contribution in [2.75, 3.05) is 6.54 Å². The van der Waals surface area contributed by atoms with Crippen molar-refractivity contribution in [1.29, 1.82) is 0 Å². The fourth-order valence-electron chi connectivity index (χ4n) is 1.78. The number of alkyl halides is 3. The van der Waals surface area contributed by atoms with Crippen molar-refractivity contribution in [2.45, 2.75) is 38.4 Å². The molecule has 1 aromatic rings. The molecule has 0 aromatic heterocycles. The number of hydrogen-bond donors (Lipinski definition) is 2. The van der Waals surface area contributed by atoms with E-state index in [4.69, 9.17) is 5.73 Å². The number of nitrogens with two attached hydrogens (primary N) is 1. The van der Waals surface area contributed by atoms with E-state index in [1.165, 1.54) is 12.1 Å². The van der Waals surface area contributed by atoms with Gasteiger partial charge in [-0.15, -0.1) is 0 Å². The van der Waals surface area contributed by atoms with Gasteiger partial charge in [-0.05, 0) is 25.0 Å². The van der Waals surface area contributed by atoms with Gasteiger partial charge in [0.05, 0.1) is 11.1 Å². The van der Waals surface area contributed by atoms with Gasteiger partial charge in [-0.25, -0.2) is 0 Å². The van der Waals surface area contributed by atoms with E-state index in [1.807, 2.05) is 13.8 Å². The summed E-state index contributed by atoms with van der Waals surface area (Å²) in [6.07, 6.45) is -3.29. The maximum atomic E-state index is 12.8. The number of rotatable bonds is 5. The van der Waals surface area contributed by atoms with E-state index < -0.39 is 23.2 Å². The molecule has 1 aromatic carbocycles. The molecule has 0 saturated heterocycles. The second-order valence-electron chi connectivity index (χ2n) is 4.80. The van der Waals surface area contributed by atoms with E-state index in [1.54, 1.807) is 0 Å². The Bertz CT molecular complexity index is 468. The molecular weight excluding hydrogens is 269 g/mol. The molecule has 0 aliphatic carbocycles. The van der Waals surface area contributed by atoms with Crippen LogP contribution in [-0.2, 0) is 6.18 Å². The molecule has 0 heterocycles. The summed E-state index contributed by atoms with van der Waals surface area (Å²) >= 11 is 0. The van der Waals surface area contributed by atoms with Crippen molar-refractivity contribution in [3.05, 3.63) is 35.4 Å². The topological polar surface area (TPSA) is 55.1 Å². The summed E-state index contributed by atoms with van der Waals surface area (Å²) in [6, 6.07) is 4.71. The van der Waals surface area contributed by atoms with E-state index in [0.717, 1.165) is 12.1 Å². The molecule has 1 rings (SSSR count). The summed E-state index contributed by atoms with van der Waals surface area (Å²) in [5.74, 6) is -0.755. The first-order valence-corrected chi connectivity index (χ1v) is 6.47. The van der Waals surface area contributed by atoms with Crippen LogP contribution < -0.4 is 11.1 Å². The predicted octanol–water partition coefficient (Wildman–Crippen LogP) is 2.95. The molecule has 0 fully saturated rings. The standard InChI is InChI=1S/C14H19F3N2O/c1-3-13(18,4-2)9-19-12(20)10-7-5-6-8-11(10)14(15,16)17/h5-8H,3-4,9,18H2,1-2H3,(H,19,20). The first-order chi connectivity index (χ1) is 9.23. The third-order valence-electron chi connectivity index (χ3n) is 3.49. The number of halogens is 3. The molecule has 0 saturated carbocycles. The minimum Gasteiger partial charge on any atom is -0.350 e. The minimum atomic E-state index is -4.55. The van der Waals surface area contributed by atoms with Gasteiger partial charge in [0.2, 0.25) is 0 Å². The van der Waals surface area contributed by atoms with Crippen molar-refractivity contribution in [3.8, 4) is 0 Å². The normalized spacial score (nSPS) is 12.3. The fraction of sp³-hybridized carbons (Fsp3) is 0.500. The number of benzene rings is 1. The molecule has 112 valence electrons. The average Bonchev–Trinajstić information content (AvgIpc) is 2.43. The fourth-order valence-corrected chi connectivity index (χ4v) is 1.78. The third-order valence-corrected chi connectivity index (χ3v) is 3.49. The Morgan fingerprint density at radius 3 is 2.25 bits per heavy atom. The summed E-state index contributed by atoms with van der Waals surface area (Å²) in [4.78, 5) is 11.9. The highest BCUT2D eigenvalue weighted by Crippen LogP contribution is 2.31. The lowest BCUT2D eigenvalue weighted by Crippen LogP contribution is -2.49. The number of carbonyl (C=O) groups excluding carboxylic acids is 1. The molecule has 0 aliphatic rings. The van der Waals surface area contributed by atoms with Crippen LogP contribution in [0, 0.1) is 0 Å². The van der Waals surface area contributed by atoms with E-state index in [2.05, 4.69) is 5.32 Å². The Morgan fingerprint density at radius 1 is 1.20 bits per heavy atom. The second-order valence-corrected chi connectivity index (χ2v) is 4.80. The van der Waals surface area contributed by atoms with Crippen LogP contribution in [0.2, 0.25) is 0 Å². The Labute approximate surface area is 116 Å². The zero-order valence-electron chi connectivity index (χ0n) is 11.6. The summed E-state index contributed by atoms with van der Waals surface area (Å²) in [6.45, 7) is 3.89. The lowest BCUT2D eigenvalue weighted by atomic mass is 9.94. The van der Waals surface area contributed by atoms with E-state index in [9.17, 15) is 18.0 Å². The van der Waals surface area contributed by atoms with Crippen LogP contribution in [0.15, 0.2) is 24.3 Å². The number of carbonyl (C=O) groups is 1. The van der Waals surface area contributed by atoms with Gasteiger partial charge in [0.1, 0.15) is 0 Å². The molecule has 0 radical (unpaired) electrons. The Morgan fingerprint density at radius 2 is 1.75 bits per heavy atom. The zero-order valence-corrected chi connectivity index (χ0v) is 11.6. The highest BCUT2D eigenvalue weighted by atomic mass is 19.4. The van der Waals surface area contributed by atoms with Gasteiger partial charge in [-0.2, -0.15) is 13.2 Å². The molecule has 1 amide bonds. The van der Waals surface area contributed by atoms with Crippen LogP contribution >= 0.6 is 0 Å². The van der Waals surface area contributed by atoms with E-state index in [0.29, 0.717) is 12.8 Å². The monoisotopic (exact) mass is 288 g/mol. The summed E-state index contributed by atoms with van der Waals surface area (Å²) < 4.78 is 38.4. The van der Waals surface area contributed by atoms with Crippen molar-refractivity contribution in [2.24, 2.45) is 5.73 Å². The SMILES string of the molecule is CCC(N)(CC)CNC(=O)c1ccccc1C(F)(F)F. The van der Waals surface area contributed by atoms with Crippen LogP contribution in [0.5, 0.6) is 0 Å². The summed E-state index contributed by atoms with van der Waals surface area (Å²) in [5, 5.41) is 2.49. The lowest BCUT2D eigenvalue weighted by molar-refractivity contribution is -0.137. The third kappa shape index (κ3) is 3.96. The molecule has 0 bridgehead atoms. The van der Waals surface area contributed by atoms with Crippen molar-refractivity contribution >= 4 is 5.91 Å². The summed E-state index contributed by atoms with van der Waals surface area (Å²) in [5.41, 5.74) is 4.10. The van der Waals surface area contributed by atoms with Gasteiger partial charge in [-0.3, -0.25) is 4.79 Å². The Balaban J connectivity index is 2.89. The van der Waals surface area contributed by atoms with Crippen LogP contribution in [0.25, 0.3) is 0 Å². The van der Waals surface area contributed by atoms with Crippen LogP contribution in [0.4, 0.5) is 13.2 Å². The number of hydrogen-bond acceptors (Lipinski definition) is 2.